The number of carbonyl (C=O) groups is 2. The number of hydrogen-bond acceptors (Lipinski definition) is 38. The van der Waals surface area contributed by atoms with Crippen molar-refractivity contribution in [3.05, 3.63) is 226 Å². The van der Waals surface area contributed by atoms with Crippen molar-refractivity contribution in [2.75, 3.05) is 13.3 Å². The van der Waals surface area contributed by atoms with Gasteiger partial charge >= 0.3 is 16.8 Å². The number of fused-ring (bicyclic) bond motifs is 7. The first-order valence-electron chi connectivity index (χ1n) is 36.9. The Hall–Kier alpha value is -16.4. The van der Waals surface area contributed by atoms with E-state index in [4.69, 9.17) is 26.2 Å². The van der Waals surface area contributed by atoms with Crippen LogP contribution in [0.5, 0.6) is 0 Å². The molecule has 0 aliphatic carbocycles. The fourth-order valence-corrected chi connectivity index (χ4v) is 12.6. The van der Waals surface area contributed by atoms with Crippen molar-refractivity contribution < 1.29 is 69.7 Å². The number of aryl methyl sites for hydroxylation is 4. The van der Waals surface area contributed by atoms with Gasteiger partial charge in [0.05, 0.1) is 68.5 Å². The first-order valence-corrected chi connectivity index (χ1v) is 37.3. The fourth-order valence-electron chi connectivity index (χ4n) is 12.4. The molecule has 0 fully saturated rings. The Kier molecular flexibility index (Phi) is 25.2. The number of benzene rings is 7. The number of aromatic nitrogens is 25. The van der Waals surface area contributed by atoms with Crippen molar-refractivity contribution in [1.29, 1.82) is 0 Å². The number of amidine groups is 2. The van der Waals surface area contributed by atoms with E-state index in [2.05, 4.69) is 142 Å². The topological polar surface area (TPSA) is 600 Å². The van der Waals surface area contributed by atoms with E-state index in [-0.39, 0.29) is 36.2 Å². The Bertz CT molecular complexity index is 6670. The van der Waals surface area contributed by atoms with Crippen molar-refractivity contribution in [3.8, 4) is 0 Å². The zero-order chi connectivity index (χ0) is 84.3. The van der Waals surface area contributed by atoms with E-state index < -0.39 is 0 Å². The molecule has 0 saturated carbocycles. The summed E-state index contributed by atoms with van der Waals surface area (Å²) in [6.45, 7) is 2.41. The van der Waals surface area contributed by atoms with Crippen LogP contribution in [-0.2, 0) is 93.7 Å². The van der Waals surface area contributed by atoms with Gasteiger partial charge in [0.2, 0.25) is 0 Å². The van der Waals surface area contributed by atoms with Crippen molar-refractivity contribution in [2.45, 2.75) is 90.6 Å². The number of tetrazole rings is 1. The second-order valence-corrected chi connectivity index (χ2v) is 27.2. The minimum atomic E-state index is -0.316. The van der Waals surface area contributed by atoms with Crippen LogP contribution in [0.25, 0.3) is 76.6 Å². The summed E-state index contributed by atoms with van der Waals surface area (Å²) in [5.41, 5.74) is 14.7. The van der Waals surface area contributed by atoms with E-state index in [0.717, 1.165) is 155 Å². The number of azo groups is 2. The van der Waals surface area contributed by atoms with Crippen molar-refractivity contribution >= 4 is 124 Å². The lowest BCUT2D eigenvalue weighted by Gasteiger charge is -2.02. The fraction of sp³-hybridized carbons (Fsp3) is 0.216. The second kappa shape index (κ2) is 38.1. The molecule has 0 amide bonds. The molecule has 0 bridgehead atoms. The van der Waals surface area contributed by atoms with E-state index in [1.165, 1.54) is 6.33 Å². The monoisotopic (exact) mass is 1680 g/mol. The third-order valence-electron chi connectivity index (χ3n) is 18.4. The maximum absolute atomic E-state index is 10.9. The van der Waals surface area contributed by atoms with Crippen LogP contribution >= 0.6 is 12.2 Å². The number of hydrogen-bond donors (Lipinski definition) is 10. The lowest BCUT2D eigenvalue weighted by Crippen LogP contribution is -2.02. The first-order chi connectivity index (χ1) is 59.5. The van der Waals surface area contributed by atoms with E-state index in [1.54, 1.807) is 61.3 Å². The van der Waals surface area contributed by atoms with E-state index in [9.17, 15) is 46.0 Å². The number of aliphatic imine (C=N–C) groups is 2. The molecular weight excluding hydrogens is 1610 g/mol. The summed E-state index contributed by atoms with van der Waals surface area (Å²) in [6, 6.07) is 39.3. The summed E-state index contributed by atoms with van der Waals surface area (Å²) in [7, 11) is 0. The predicted octanol–water partition coefficient (Wildman–Crippen LogP) is 8.80. The third kappa shape index (κ3) is 21.1. The number of nitrogens with one attached hydrogen (secondary N) is 3. The number of rotatable bonds is 21. The smallest absolute Gasteiger partial charge is 0.340 e. The number of aromatic amines is 3. The SMILES string of the molecule is O=C1CC(CCc2ccc3c(cnn3O)c2)=NO1.O=C1CC(Cc2ccc3c(cnn3O)c2)=NO1.On1ncc2cc(CC3=NCN=N3)ccc21.On1ncc2cc(CCc3nc(=S)o[nH]3)ccc21.On1ncc2cc(COCc3ncn[nH]3)ccc21.On1nnc2cc(CCC3=NCN=N3)ccc21.On1nnc2cc(COCc3nn[nH]n3)ccc21. The normalized spacial score (nSPS) is 13.1. The lowest BCUT2D eigenvalue weighted by atomic mass is 10.0. The molecule has 0 saturated heterocycles. The molecule has 48 heteroatoms. The van der Waals surface area contributed by atoms with Gasteiger partial charge in [0.15, 0.2) is 25.0 Å². The highest BCUT2D eigenvalue weighted by molar-refractivity contribution is 7.71. The molecule has 620 valence electrons. The largest absolute Gasteiger partial charge is 0.411 e. The van der Waals surface area contributed by atoms with Crippen molar-refractivity contribution in [2.24, 2.45) is 40.8 Å². The molecule has 122 heavy (non-hydrogen) atoms. The summed E-state index contributed by atoms with van der Waals surface area (Å²) in [4.78, 5) is 53.1. The first kappa shape index (κ1) is 80.8. The predicted molar refractivity (Wildman–Crippen MR) is 425 cm³/mol. The van der Waals surface area contributed by atoms with Gasteiger partial charge in [-0.3, -0.25) is 5.10 Å². The van der Waals surface area contributed by atoms with Gasteiger partial charge in [-0.05, 0) is 172 Å². The zero-order valence-corrected chi connectivity index (χ0v) is 64.5. The van der Waals surface area contributed by atoms with Gasteiger partial charge in [0, 0.05) is 52.6 Å². The molecule has 0 spiro atoms. The molecule has 0 unspecified atom stereocenters. The Morgan fingerprint density at radius 3 is 1.35 bits per heavy atom. The Balaban J connectivity index is 0.000000111. The van der Waals surface area contributed by atoms with Crippen molar-refractivity contribution in [1.82, 2.24) is 126 Å². The molecule has 47 nitrogen and oxygen atoms in total. The molecule has 4 aliphatic heterocycles. The van der Waals surface area contributed by atoms with Gasteiger partial charge in [-0.2, -0.15) is 25.5 Å². The molecule has 0 atom stereocenters. The van der Waals surface area contributed by atoms with Gasteiger partial charge in [-0.1, -0.05) is 67.7 Å². The molecule has 7 aromatic carbocycles. The second-order valence-electron chi connectivity index (χ2n) is 26.9. The molecule has 17 aromatic rings. The van der Waals surface area contributed by atoms with E-state index in [1.807, 2.05) is 97.1 Å². The van der Waals surface area contributed by atoms with Gasteiger partial charge in [-0.15, -0.1) is 80.3 Å². The number of nitrogens with zero attached hydrogens (tertiary/aromatic N) is 30. The highest BCUT2D eigenvalue weighted by Gasteiger charge is 2.20. The van der Waals surface area contributed by atoms with Gasteiger partial charge < -0.3 is 60.1 Å². The number of carbonyl (C=O) groups excluding carboxylic acids is 2. The standard InChI is InChI=1S/C12H11N3O3.C11H11N5O2.C11H10N4O2S.C11H9N3O3.C10H10N6O.C10H9N5O.C9H9N7O2/c16-12-6-10(14-18-12)3-1-8-2-4-11-9(5-8)7-13-15(11)17;17-16-10-2-1-8(3-9(10)4-14-16)5-18-6-11-12-7-13-15-11;16-15-9-3-1-7(5-8(9)6-12-15)2-4-10-13-11(18)17-14-10;15-11-5-9(13-17-11)4-7-1-2-10-8(3-7)6-12-14(10)16;17-16-9-3-1-7(5-8(9)13-15-16)2-4-10-11-6-12-14-10;16-15-9-2-1-7(3-8(9)5-13-15)4-10-11-6-12-14-10;17-16-8-2-1-6(3-7(8)10-15-16)4-18-5-9-11-13-14-12-9/h2,4-5,7,17H,1,3,6H2;1-4,7,17H,5-6H2,(H,12,13,15);1,3,5-6,16H,2,4H2,(H,13,14,18);1-3,6,16H,4-5H2;1,3,5,17H,2,4,6H2;1-3,5,16H,4,6H2;1-3,17H,4-5H2,(H,11,12,13,14). The minimum Gasteiger partial charge on any atom is -0.411 e. The van der Waals surface area contributed by atoms with Gasteiger partial charge in [0.1, 0.15) is 86.7 Å². The van der Waals surface area contributed by atoms with Crippen LogP contribution in [0.3, 0.4) is 0 Å². The van der Waals surface area contributed by atoms with Crippen LogP contribution in [-0.4, -0.2) is 211 Å². The van der Waals surface area contributed by atoms with Crippen LogP contribution in [0.2, 0.25) is 0 Å². The maximum Gasteiger partial charge on any atom is 0.340 e. The quantitative estimate of drug-likeness (QED) is 0.0182. The highest BCUT2D eigenvalue weighted by Crippen LogP contribution is 2.24. The van der Waals surface area contributed by atoms with E-state index in [0.29, 0.717) is 119 Å². The van der Waals surface area contributed by atoms with Gasteiger partial charge in [-0.25, -0.2) is 29.7 Å². The van der Waals surface area contributed by atoms with Gasteiger partial charge in [0.25, 0.3) is 0 Å². The molecule has 10 N–H and O–H groups in total. The average Bonchev–Trinajstić information content (AvgIpc) is 1.69. The van der Waals surface area contributed by atoms with Crippen LogP contribution in [0.15, 0.2) is 210 Å². The Morgan fingerprint density at radius 2 is 0.877 bits per heavy atom. The maximum atomic E-state index is 10.9. The van der Waals surface area contributed by atoms with Crippen LogP contribution < -0.4 is 0 Å². The molecule has 14 heterocycles. The molecule has 21 rings (SSSR count). The summed E-state index contributed by atoms with van der Waals surface area (Å²) < 4.78 is 15.8. The number of ether oxygens (including phenoxy) is 2. The van der Waals surface area contributed by atoms with Crippen LogP contribution in [0.4, 0.5) is 0 Å². The molecular formula is C74H69N33O14S. The van der Waals surface area contributed by atoms with Crippen LogP contribution in [0, 0.1) is 4.84 Å². The summed E-state index contributed by atoms with van der Waals surface area (Å²) >= 11 is 4.78. The molecule has 0 radical (unpaired) electrons. The van der Waals surface area contributed by atoms with E-state index >= 15 is 0 Å². The molecule has 10 aromatic heterocycles. The lowest BCUT2D eigenvalue weighted by molar-refractivity contribution is -0.140. The minimum absolute atomic E-state index is 0.224. The number of oxime groups is 2. The summed E-state index contributed by atoms with van der Waals surface area (Å²) in [5, 5.41) is 149. The molecule has 4 aliphatic rings. The Morgan fingerprint density at radius 1 is 0.434 bits per heavy atom. The third-order valence-corrected chi connectivity index (χ3v) is 18.6. The number of H-pyrrole nitrogens is 3. The zero-order valence-electron chi connectivity index (χ0n) is 63.7. The highest BCUT2D eigenvalue weighted by atomic mass is 32.1. The van der Waals surface area contributed by atoms with Crippen LogP contribution in [0.1, 0.15) is 82.1 Å². The van der Waals surface area contributed by atoms with Crippen molar-refractivity contribution in [3.63, 3.8) is 0 Å². The average molecular weight is 1680 g/mol. The Labute approximate surface area is 687 Å². The summed E-state index contributed by atoms with van der Waals surface area (Å²) in [5.74, 6) is 2.85. The summed E-state index contributed by atoms with van der Waals surface area (Å²) in [6.07, 6.45) is 15.9.